The van der Waals surface area contributed by atoms with Gasteiger partial charge in [-0.1, -0.05) is 34.4 Å². The van der Waals surface area contributed by atoms with Crippen molar-refractivity contribution in [3.8, 4) is 11.5 Å². The first-order chi connectivity index (χ1) is 8.61. The summed E-state index contributed by atoms with van der Waals surface area (Å²) in [5.74, 6) is -0.191. The topological polar surface area (TPSA) is 59.2 Å². The third kappa shape index (κ3) is 2.76. The van der Waals surface area contributed by atoms with E-state index < -0.39 is 11.9 Å². The van der Waals surface area contributed by atoms with Crippen LogP contribution in [0.1, 0.15) is 31.7 Å². The van der Waals surface area contributed by atoms with E-state index in [4.69, 9.17) is 4.52 Å². The zero-order valence-electron chi connectivity index (χ0n) is 9.73. The maximum absolute atomic E-state index is 13.7. The lowest BCUT2D eigenvalue weighted by Gasteiger charge is -2.01. The van der Waals surface area contributed by atoms with Gasteiger partial charge in [-0.3, -0.25) is 0 Å². The highest BCUT2D eigenvalue weighted by molar-refractivity contribution is 9.10. The molecule has 96 valence electrons. The third-order valence-corrected chi connectivity index (χ3v) is 2.96. The van der Waals surface area contributed by atoms with Crippen LogP contribution in [-0.4, -0.2) is 15.2 Å². The Hall–Kier alpha value is -1.27. The van der Waals surface area contributed by atoms with Crippen molar-refractivity contribution < 1.29 is 14.0 Å². The molecule has 2 rings (SSSR count). The summed E-state index contributed by atoms with van der Waals surface area (Å²) in [6, 6.07) is 4.55. The van der Waals surface area contributed by atoms with E-state index in [0.29, 0.717) is 10.9 Å². The molecule has 1 aromatic carbocycles. The molecule has 1 aromatic heterocycles. The fourth-order valence-corrected chi connectivity index (χ4v) is 1.88. The first-order valence-corrected chi connectivity index (χ1v) is 6.38. The molecule has 2 aromatic rings. The van der Waals surface area contributed by atoms with Crippen LogP contribution in [0.3, 0.4) is 0 Å². The fourth-order valence-electron chi connectivity index (χ4n) is 1.55. The van der Waals surface area contributed by atoms with E-state index in [9.17, 15) is 9.50 Å². The number of benzene rings is 1. The van der Waals surface area contributed by atoms with E-state index in [0.717, 1.165) is 6.42 Å². The van der Waals surface area contributed by atoms with Crippen LogP contribution in [0.4, 0.5) is 4.39 Å². The van der Waals surface area contributed by atoms with Gasteiger partial charge in [0, 0.05) is 4.47 Å². The van der Waals surface area contributed by atoms with Crippen molar-refractivity contribution >= 4 is 15.9 Å². The molecule has 0 spiro atoms. The molecule has 1 atom stereocenters. The normalized spacial score (nSPS) is 12.7. The van der Waals surface area contributed by atoms with Crippen molar-refractivity contribution in [3.05, 3.63) is 34.3 Å². The molecule has 6 heteroatoms. The van der Waals surface area contributed by atoms with Crippen molar-refractivity contribution in [3.63, 3.8) is 0 Å². The maximum atomic E-state index is 13.7. The predicted octanol–water partition coefficient (Wildman–Crippen LogP) is 3.47. The Kier molecular flexibility index (Phi) is 4.08. The molecule has 0 aliphatic heterocycles. The van der Waals surface area contributed by atoms with Crippen molar-refractivity contribution in [2.75, 3.05) is 0 Å². The Morgan fingerprint density at radius 3 is 2.94 bits per heavy atom. The van der Waals surface area contributed by atoms with E-state index in [1.54, 1.807) is 12.1 Å². The second kappa shape index (κ2) is 5.58. The molecule has 0 fully saturated rings. The van der Waals surface area contributed by atoms with Gasteiger partial charge >= 0.3 is 0 Å². The SMILES string of the molecule is CCCC(O)c1noc(-c2ccc(Br)cc2F)n1. The lowest BCUT2D eigenvalue weighted by Crippen LogP contribution is -1.98. The van der Waals surface area contributed by atoms with Gasteiger partial charge in [-0.15, -0.1) is 0 Å². The molecule has 18 heavy (non-hydrogen) atoms. The van der Waals surface area contributed by atoms with Crippen molar-refractivity contribution in [1.82, 2.24) is 10.1 Å². The Morgan fingerprint density at radius 2 is 2.28 bits per heavy atom. The van der Waals surface area contributed by atoms with Crippen LogP contribution in [-0.2, 0) is 0 Å². The fraction of sp³-hybridized carbons (Fsp3) is 0.333. The first-order valence-electron chi connectivity index (χ1n) is 5.59. The molecule has 0 amide bonds. The minimum absolute atomic E-state index is 0.0742. The monoisotopic (exact) mass is 314 g/mol. The first kappa shape index (κ1) is 13.2. The van der Waals surface area contributed by atoms with Gasteiger partial charge in [-0.05, 0) is 24.6 Å². The van der Waals surface area contributed by atoms with E-state index >= 15 is 0 Å². The van der Waals surface area contributed by atoms with Crippen LogP contribution >= 0.6 is 15.9 Å². The number of aromatic nitrogens is 2. The molecule has 0 aliphatic carbocycles. The molecule has 1 N–H and O–H groups in total. The molecular weight excluding hydrogens is 303 g/mol. The van der Waals surface area contributed by atoms with Gasteiger partial charge in [0.25, 0.3) is 5.89 Å². The molecule has 0 saturated heterocycles. The lowest BCUT2D eigenvalue weighted by atomic mass is 10.2. The standard InChI is InChI=1S/C12H12BrFN2O2/c1-2-3-10(17)11-15-12(18-16-11)8-5-4-7(13)6-9(8)14/h4-6,10,17H,2-3H2,1H3. The highest BCUT2D eigenvalue weighted by atomic mass is 79.9. The van der Waals surface area contributed by atoms with Crippen molar-refractivity contribution in [2.24, 2.45) is 0 Å². The molecule has 0 bridgehead atoms. The van der Waals surface area contributed by atoms with Crippen LogP contribution in [0.2, 0.25) is 0 Å². The van der Waals surface area contributed by atoms with Gasteiger partial charge in [0.1, 0.15) is 11.9 Å². The smallest absolute Gasteiger partial charge is 0.260 e. The van der Waals surface area contributed by atoms with Crippen molar-refractivity contribution in [2.45, 2.75) is 25.9 Å². The molecular formula is C12H12BrFN2O2. The van der Waals surface area contributed by atoms with Crippen LogP contribution in [0.15, 0.2) is 27.2 Å². The van der Waals surface area contributed by atoms with Gasteiger partial charge in [-0.25, -0.2) is 4.39 Å². The number of aliphatic hydroxyl groups is 1. The zero-order chi connectivity index (χ0) is 13.1. The van der Waals surface area contributed by atoms with E-state index in [-0.39, 0.29) is 17.3 Å². The average molecular weight is 315 g/mol. The number of halogens is 2. The van der Waals surface area contributed by atoms with E-state index in [2.05, 4.69) is 26.1 Å². The second-order valence-corrected chi connectivity index (χ2v) is 4.80. The van der Waals surface area contributed by atoms with Gasteiger partial charge in [0.2, 0.25) is 5.82 Å². The summed E-state index contributed by atoms with van der Waals surface area (Å²) in [5.41, 5.74) is 0.223. The van der Waals surface area contributed by atoms with Crippen LogP contribution < -0.4 is 0 Å². The summed E-state index contributed by atoms with van der Waals surface area (Å²) in [6.07, 6.45) is 0.574. The molecule has 0 aliphatic rings. The van der Waals surface area contributed by atoms with Crippen molar-refractivity contribution in [1.29, 1.82) is 0 Å². The lowest BCUT2D eigenvalue weighted by molar-refractivity contribution is 0.153. The molecule has 1 heterocycles. The summed E-state index contributed by atoms with van der Waals surface area (Å²) in [4.78, 5) is 4.01. The largest absolute Gasteiger partial charge is 0.385 e. The summed E-state index contributed by atoms with van der Waals surface area (Å²) in [7, 11) is 0. The van der Waals surface area contributed by atoms with Gasteiger partial charge < -0.3 is 9.63 Å². The number of nitrogens with zero attached hydrogens (tertiary/aromatic N) is 2. The summed E-state index contributed by atoms with van der Waals surface area (Å²) < 4.78 is 19.3. The summed E-state index contributed by atoms with van der Waals surface area (Å²) >= 11 is 3.17. The van der Waals surface area contributed by atoms with E-state index in [1.165, 1.54) is 6.07 Å². The van der Waals surface area contributed by atoms with Gasteiger partial charge in [0.05, 0.1) is 5.56 Å². The Morgan fingerprint density at radius 1 is 1.50 bits per heavy atom. The van der Waals surface area contributed by atoms with Crippen LogP contribution in [0.25, 0.3) is 11.5 Å². The van der Waals surface area contributed by atoms with E-state index in [1.807, 2.05) is 6.92 Å². The predicted molar refractivity (Wildman–Crippen MR) is 67.3 cm³/mol. The molecule has 1 unspecified atom stereocenters. The average Bonchev–Trinajstić information content (AvgIpc) is 2.78. The Labute approximate surface area is 112 Å². The minimum Gasteiger partial charge on any atom is -0.385 e. The molecule has 4 nitrogen and oxygen atoms in total. The third-order valence-electron chi connectivity index (χ3n) is 2.46. The molecule has 0 radical (unpaired) electrons. The minimum atomic E-state index is -0.772. The summed E-state index contributed by atoms with van der Waals surface area (Å²) in [5, 5.41) is 13.4. The maximum Gasteiger partial charge on any atom is 0.260 e. The number of rotatable bonds is 4. The highest BCUT2D eigenvalue weighted by Gasteiger charge is 2.17. The van der Waals surface area contributed by atoms with Crippen LogP contribution in [0, 0.1) is 5.82 Å². The second-order valence-electron chi connectivity index (χ2n) is 3.89. The molecule has 0 saturated carbocycles. The van der Waals surface area contributed by atoms with Crippen LogP contribution in [0.5, 0.6) is 0 Å². The Bertz CT molecular complexity index is 545. The number of hydrogen-bond acceptors (Lipinski definition) is 4. The number of hydrogen-bond donors (Lipinski definition) is 1. The summed E-state index contributed by atoms with van der Waals surface area (Å²) in [6.45, 7) is 1.94. The zero-order valence-corrected chi connectivity index (χ0v) is 11.3. The van der Waals surface area contributed by atoms with Gasteiger partial charge in [-0.2, -0.15) is 4.98 Å². The quantitative estimate of drug-likeness (QED) is 0.938. The number of aliphatic hydroxyl groups excluding tert-OH is 1. The van der Waals surface area contributed by atoms with Gasteiger partial charge in [0.15, 0.2) is 0 Å². The highest BCUT2D eigenvalue weighted by Crippen LogP contribution is 2.25. The Balaban J connectivity index is 2.29.